The molecule has 35 heavy (non-hydrogen) atoms. The molecule has 8 heteroatoms. The first-order valence-electron chi connectivity index (χ1n) is 10.8. The van der Waals surface area contributed by atoms with Gasteiger partial charge in [-0.05, 0) is 36.2 Å². The molecule has 0 saturated carbocycles. The number of hydrogen-bond donors (Lipinski definition) is 2. The fourth-order valence-corrected chi connectivity index (χ4v) is 3.85. The van der Waals surface area contributed by atoms with E-state index in [0.717, 1.165) is 22.4 Å². The van der Waals surface area contributed by atoms with Crippen molar-refractivity contribution >= 4 is 22.6 Å². The second-order valence-corrected chi connectivity index (χ2v) is 7.69. The number of rotatable bonds is 5. The van der Waals surface area contributed by atoms with Gasteiger partial charge >= 0.3 is 5.97 Å². The summed E-state index contributed by atoms with van der Waals surface area (Å²) in [5, 5.41) is 23.1. The minimum atomic E-state index is -1.01. The third-order valence-electron chi connectivity index (χ3n) is 5.60. The maximum absolute atomic E-state index is 11.5. The number of nitrogens with one attached hydrogen (secondary N) is 1. The number of para-hydroxylation sites is 1. The standard InChI is InChI=1S/C26H19N3O4.CH3F/c1-15(26(30)31)28-25-19-4-2-3-5-21(19)29-24(20(25)13-27)17-8-6-16(7-9-17)18-10-11-22-23(12-18)33-14-32-22;1-2/h2-12,15H,14H2,1H3,(H,28,29)(H,30,31);1H3. The van der Waals surface area contributed by atoms with E-state index in [0.29, 0.717) is 40.8 Å². The Bertz CT molecular complexity index is 1430. The molecule has 5 rings (SSSR count). The van der Waals surface area contributed by atoms with Crippen molar-refractivity contribution in [3.05, 3.63) is 72.3 Å². The van der Waals surface area contributed by atoms with Crippen LogP contribution >= 0.6 is 0 Å². The highest BCUT2D eigenvalue weighted by Gasteiger charge is 2.20. The first-order chi connectivity index (χ1) is 17.0. The van der Waals surface area contributed by atoms with Crippen LogP contribution in [0.4, 0.5) is 10.1 Å². The lowest BCUT2D eigenvalue weighted by molar-refractivity contribution is -0.137. The molecular formula is C27H22FN3O4. The summed E-state index contributed by atoms with van der Waals surface area (Å²) in [6.07, 6.45) is 0. The number of alkyl halides is 1. The van der Waals surface area contributed by atoms with Crippen LogP contribution in [0.3, 0.4) is 0 Å². The number of anilines is 1. The van der Waals surface area contributed by atoms with Gasteiger partial charge < -0.3 is 19.9 Å². The van der Waals surface area contributed by atoms with Crippen molar-refractivity contribution in [3.8, 4) is 40.0 Å². The third-order valence-corrected chi connectivity index (χ3v) is 5.60. The van der Waals surface area contributed by atoms with E-state index in [1.165, 1.54) is 0 Å². The fourth-order valence-electron chi connectivity index (χ4n) is 3.85. The van der Waals surface area contributed by atoms with E-state index in [1.54, 1.807) is 6.92 Å². The van der Waals surface area contributed by atoms with Crippen LogP contribution in [-0.4, -0.2) is 36.1 Å². The largest absolute Gasteiger partial charge is 0.480 e. The molecule has 4 aromatic rings. The molecule has 0 spiro atoms. The van der Waals surface area contributed by atoms with E-state index in [-0.39, 0.29) is 6.79 Å². The summed E-state index contributed by atoms with van der Waals surface area (Å²) in [6.45, 7) is 1.76. The number of hydrogen-bond acceptors (Lipinski definition) is 6. The number of carboxylic acid groups (broad SMARTS) is 1. The fraction of sp³-hybridized carbons (Fsp3) is 0.148. The number of fused-ring (bicyclic) bond motifs is 2. The van der Waals surface area contributed by atoms with E-state index < -0.39 is 12.0 Å². The van der Waals surface area contributed by atoms with Crippen LogP contribution < -0.4 is 14.8 Å². The van der Waals surface area contributed by atoms with Crippen molar-refractivity contribution in [2.75, 3.05) is 19.3 Å². The van der Waals surface area contributed by atoms with Crippen molar-refractivity contribution in [1.82, 2.24) is 4.98 Å². The summed E-state index contributed by atoms with van der Waals surface area (Å²) in [5.74, 6) is 0.433. The number of halogens is 1. The van der Waals surface area contributed by atoms with Gasteiger partial charge in [0.2, 0.25) is 6.79 Å². The molecule has 0 radical (unpaired) electrons. The summed E-state index contributed by atoms with van der Waals surface area (Å²) in [4.78, 5) is 16.2. The molecule has 1 aliphatic heterocycles. The Morgan fingerprint density at radius 2 is 1.69 bits per heavy atom. The first-order valence-corrected chi connectivity index (χ1v) is 10.8. The highest BCUT2D eigenvalue weighted by Crippen LogP contribution is 2.37. The lowest BCUT2D eigenvalue weighted by atomic mass is 9.98. The summed E-state index contributed by atoms with van der Waals surface area (Å²) in [6, 6.07) is 22.2. The molecule has 0 aliphatic carbocycles. The van der Waals surface area contributed by atoms with Crippen LogP contribution in [0.2, 0.25) is 0 Å². The minimum absolute atomic E-state index is 0.221. The molecule has 3 aromatic carbocycles. The molecule has 1 aromatic heterocycles. The molecule has 176 valence electrons. The monoisotopic (exact) mass is 471 g/mol. The molecule has 0 bridgehead atoms. The molecular weight excluding hydrogens is 449 g/mol. The zero-order chi connectivity index (χ0) is 24.9. The smallest absolute Gasteiger partial charge is 0.325 e. The zero-order valence-electron chi connectivity index (χ0n) is 19.1. The lowest BCUT2D eigenvalue weighted by Gasteiger charge is -2.17. The van der Waals surface area contributed by atoms with Crippen LogP contribution in [0.25, 0.3) is 33.3 Å². The van der Waals surface area contributed by atoms with E-state index in [1.807, 2.05) is 66.7 Å². The van der Waals surface area contributed by atoms with Gasteiger partial charge in [0.1, 0.15) is 17.7 Å². The number of aliphatic carboxylic acids is 1. The number of benzene rings is 3. The molecule has 2 N–H and O–H groups in total. The number of nitrogens with zero attached hydrogens (tertiary/aromatic N) is 2. The van der Waals surface area contributed by atoms with Gasteiger partial charge in [0.05, 0.1) is 24.1 Å². The Kier molecular flexibility index (Phi) is 6.78. The number of ether oxygens (including phenoxy) is 2. The van der Waals surface area contributed by atoms with E-state index in [9.17, 15) is 19.6 Å². The van der Waals surface area contributed by atoms with Crippen molar-refractivity contribution in [2.24, 2.45) is 0 Å². The van der Waals surface area contributed by atoms with Crippen LogP contribution in [0.15, 0.2) is 66.7 Å². The van der Waals surface area contributed by atoms with Gasteiger partial charge in [-0.3, -0.25) is 9.18 Å². The lowest BCUT2D eigenvalue weighted by Crippen LogP contribution is -2.26. The van der Waals surface area contributed by atoms with Crippen molar-refractivity contribution < 1.29 is 23.8 Å². The summed E-state index contributed by atoms with van der Waals surface area (Å²) < 4.78 is 20.3. The van der Waals surface area contributed by atoms with Gasteiger partial charge in [0.15, 0.2) is 11.5 Å². The Labute approximate surface area is 201 Å². The van der Waals surface area contributed by atoms with Gasteiger partial charge in [0, 0.05) is 10.9 Å². The van der Waals surface area contributed by atoms with Gasteiger partial charge in [-0.2, -0.15) is 5.26 Å². The molecule has 0 fully saturated rings. The van der Waals surface area contributed by atoms with Crippen LogP contribution in [0.5, 0.6) is 11.5 Å². The molecule has 0 amide bonds. The summed E-state index contributed by atoms with van der Waals surface area (Å²) in [5.41, 5.74) is 4.66. The number of nitriles is 1. The molecule has 0 saturated heterocycles. The second-order valence-electron chi connectivity index (χ2n) is 7.69. The Morgan fingerprint density at radius 1 is 1.03 bits per heavy atom. The Hall–Kier alpha value is -4.64. The third kappa shape index (κ3) is 4.57. The van der Waals surface area contributed by atoms with Crippen molar-refractivity contribution in [2.45, 2.75) is 13.0 Å². The van der Waals surface area contributed by atoms with E-state index in [4.69, 9.17) is 14.5 Å². The van der Waals surface area contributed by atoms with Crippen molar-refractivity contribution in [1.29, 1.82) is 5.26 Å². The molecule has 1 atom stereocenters. The Balaban J connectivity index is 0.00000141. The second kappa shape index (κ2) is 10.1. The predicted octanol–water partition coefficient (Wildman–Crippen LogP) is 5.64. The highest BCUT2D eigenvalue weighted by molar-refractivity contribution is 5.99. The molecule has 1 aliphatic rings. The van der Waals surface area contributed by atoms with Crippen molar-refractivity contribution in [3.63, 3.8) is 0 Å². The average molecular weight is 471 g/mol. The summed E-state index contributed by atoms with van der Waals surface area (Å²) >= 11 is 0. The van der Waals surface area contributed by atoms with E-state index in [2.05, 4.69) is 11.4 Å². The maximum atomic E-state index is 11.5. The average Bonchev–Trinajstić information content (AvgIpc) is 3.37. The van der Waals surface area contributed by atoms with Gasteiger partial charge in [0.25, 0.3) is 0 Å². The SMILES string of the molecule is CC(Nc1c(C#N)c(-c2ccc(-c3ccc4c(c3)OCO4)cc2)nc2ccccc12)C(=O)O.CF. The minimum Gasteiger partial charge on any atom is -0.480 e. The Morgan fingerprint density at radius 3 is 2.40 bits per heavy atom. The predicted molar refractivity (Wildman–Crippen MR) is 131 cm³/mol. The zero-order valence-corrected chi connectivity index (χ0v) is 19.1. The summed E-state index contributed by atoms with van der Waals surface area (Å²) in [7, 11) is 0.500. The van der Waals surface area contributed by atoms with Crippen LogP contribution in [0, 0.1) is 11.3 Å². The quantitative estimate of drug-likeness (QED) is 0.388. The number of pyridine rings is 1. The van der Waals surface area contributed by atoms with Gasteiger partial charge in [-0.25, -0.2) is 4.98 Å². The highest BCUT2D eigenvalue weighted by atomic mass is 19.1. The number of carbonyl (C=O) groups is 1. The normalized spacial score (nSPS) is 12.3. The number of carboxylic acids is 1. The molecule has 1 unspecified atom stereocenters. The first kappa shape index (κ1) is 23.5. The number of aromatic nitrogens is 1. The van der Waals surface area contributed by atoms with Gasteiger partial charge in [-0.15, -0.1) is 0 Å². The molecule has 2 heterocycles. The molecule has 7 nitrogen and oxygen atoms in total. The topological polar surface area (TPSA) is 104 Å². The van der Waals surface area contributed by atoms with Crippen LogP contribution in [-0.2, 0) is 4.79 Å². The van der Waals surface area contributed by atoms with Gasteiger partial charge in [-0.1, -0.05) is 48.5 Å². The maximum Gasteiger partial charge on any atom is 0.325 e. The van der Waals surface area contributed by atoms with Crippen LogP contribution in [0.1, 0.15) is 12.5 Å². The van der Waals surface area contributed by atoms with E-state index >= 15 is 0 Å².